The van der Waals surface area contributed by atoms with Crippen molar-refractivity contribution in [3.63, 3.8) is 0 Å². The number of anilines is 2. The second-order valence-corrected chi connectivity index (χ2v) is 5.75. The average Bonchev–Trinajstić information content (AvgIpc) is 2.66. The molecule has 0 aliphatic rings. The third-order valence-corrected chi connectivity index (χ3v) is 4.00. The first-order chi connectivity index (χ1) is 13.0. The highest BCUT2D eigenvalue weighted by Crippen LogP contribution is 2.30. The van der Waals surface area contributed by atoms with Crippen molar-refractivity contribution in [3.05, 3.63) is 66.1 Å². The topological polar surface area (TPSA) is 77.0 Å². The zero-order chi connectivity index (χ0) is 19.0. The summed E-state index contributed by atoms with van der Waals surface area (Å²) in [5, 5.41) is 4.30. The van der Waals surface area contributed by atoms with Gasteiger partial charge in [0, 0.05) is 28.7 Å². The van der Waals surface area contributed by atoms with Crippen molar-refractivity contribution in [3.8, 4) is 0 Å². The Morgan fingerprint density at radius 2 is 1.85 bits per heavy atom. The zero-order valence-corrected chi connectivity index (χ0v) is 14.0. The minimum absolute atomic E-state index is 0.184. The molecule has 0 aliphatic carbocycles. The monoisotopic (exact) mass is 366 g/mol. The van der Waals surface area contributed by atoms with Crippen LogP contribution in [-0.2, 0) is 4.74 Å². The number of hydrogen-bond donors (Lipinski definition) is 1. The van der Waals surface area contributed by atoms with Crippen LogP contribution in [0.4, 0.5) is 20.3 Å². The molecule has 6 nitrogen and oxygen atoms in total. The summed E-state index contributed by atoms with van der Waals surface area (Å²) in [6.45, 7) is 0. The molecule has 0 bridgehead atoms. The number of fused-ring (bicyclic) bond motifs is 3. The van der Waals surface area contributed by atoms with Gasteiger partial charge in [-0.15, -0.1) is 0 Å². The van der Waals surface area contributed by atoms with Gasteiger partial charge in [-0.25, -0.2) is 28.5 Å². The summed E-state index contributed by atoms with van der Waals surface area (Å²) in [6, 6.07) is 8.00. The molecule has 1 N–H and O–H groups in total. The Morgan fingerprint density at radius 1 is 1.07 bits per heavy atom. The Balaban J connectivity index is 1.93. The number of benzene rings is 2. The van der Waals surface area contributed by atoms with Crippen molar-refractivity contribution < 1.29 is 18.3 Å². The van der Waals surface area contributed by atoms with Crippen LogP contribution in [0.5, 0.6) is 0 Å². The standard InChI is InChI=1S/C19H12F2N4O2/c1-27-19(26)10-2-3-14-15-8-22-9-23-17(15)18(25-16(14)4-10)24-13-6-11(20)5-12(21)7-13/h2-9H,1H3,(H,24,25). The molecule has 8 heteroatoms. The van der Waals surface area contributed by atoms with Gasteiger partial charge in [0.1, 0.15) is 23.5 Å². The quantitative estimate of drug-likeness (QED) is 0.436. The van der Waals surface area contributed by atoms with E-state index in [1.807, 2.05) is 0 Å². The van der Waals surface area contributed by atoms with Gasteiger partial charge in [0.05, 0.1) is 18.2 Å². The molecular formula is C19H12F2N4O2. The number of aromatic nitrogens is 3. The van der Waals surface area contributed by atoms with E-state index in [2.05, 4.69) is 20.3 Å². The van der Waals surface area contributed by atoms with Gasteiger partial charge >= 0.3 is 5.97 Å². The van der Waals surface area contributed by atoms with Crippen LogP contribution in [-0.4, -0.2) is 28.0 Å². The summed E-state index contributed by atoms with van der Waals surface area (Å²) in [4.78, 5) is 24.5. The van der Waals surface area contributed by atoms with Crippen LogP contribution < -0.4 is 5.32 Å². The van der Waals surface area contributed by atoms with Gasteiger partial charge in [-0.3, -0.25) is 0 Å². The number of carbonyl (C=O) groups excluding carboxylic acids is 1. The molecular weight excluding hydrogens is 354 g/mol. The Hall–Kier alpha value is -3.68. The predicted molar refractivity (Wildman–Crippen MR) is 95.8 cm³/mol. The highest BCUT2D eigenvalue weighted by atomic mass is 19.1. The van der Waals surface area contributed by atoms with Crippen LogP contribution in [0.25, 0.3) is 21.8 Å². The fraction of sp³-hybridized carbons (Fsp3) is 0.0526. The largest absolute Gasteiger partial charge is 0.465 e. The number of hydrogen-bond acceptors (Lipinski definition) is 6. The zero-order valence-electron chi connectivity index (χ0n) is 14.0. The van der Waals surface area contributed by atoms with Crippen molar-refractivity contribution in [2.45, 2.75) is 0 Å². The number of halogens is 2. The Kier molecular flexibility index (Phi) is 4.08. The molecule has 0 fully saturated rings. The van der Waals surface area contributed by atoms with Crippen molar-refractivity contribution in [2.24, 2.45) is 0 Å². The molecule has 2 aromatic heterocycles. The van der Waals surface area contributed by atoms with Crippen molar-refractivity contribution >= 4 is 39.3 Å². The molecule has 134 valence electrons. The molecule has 2 aromatic carbocycles. The van der Waals surface area contributed by atoms with Gasteiger partial charge in [-0.2, -0.15) is 0 Å². The smallest absolute Gasteiger partial charge is 0.337 e. The molecule has 0 aliphatic heterocycles. The Labute approximate surface area is 151 Å². The third-order valence-electron chi connectivity index (χ3n) is 4.00. The highest BCUT2D eigenvalue weighted by molar-refractivity contribution is 6.09. The second-order valence-electron chi connectivity index (χ2n) is 5.75. The van der Waals surface area contributed by atoms with E-state index in [1.54, 1.807) is 24.4 Å². The molecule has 4 rings (SSSR count). The molecule has 27 heavy (non-hydrogen) atoms. The van der Waals surface area contributed by atoms with Crippen LogP contribution >= 0.6 is 0 Å². The number of nitrogens with one attached hydrogen (secondary N) is 1. The number of methoxy groups -OCH3 is 1. The van der Waals surface area contributed by atoms with Gasteiger partial charge in [0.25, 0.3) is 0 Å². The number of nitrogens with zero attached hydrogens (tertiary/aromatic N) is 3. The van der Waals surface area contributed by atoms with E-state index in [-0.39, 0.29) is 11.5 Å². The van der Waals surface area contributed by atoms with Gasteiger partial charge in [-0.1, -0.05) is 6.07 Å². The highest BCUT2D eigenvalue weighted by Gasteiger charge is 2.13. The van der Waals surface area contributed by atoms with Crippen molar-refractivity contribution in [1.29, 1.82) is 0 Å². The summed E-state index contributed by atoms with van der Waals surface area (Å²) >= 11 is 0. The minimum atomic E-state index is -0.717. The molecule has 2 heterocycles. The normalized spacial score (nSPS) is 10.9. The molecule has 0 unspecified atom stereocenters. The fourth-order valence-electron chi connectivity index (χ4n) is 2.84. The van der Waals surface area contributed by atoms with E-state index >= 15 is 0 Å². The lowest BCUT2D eigenvalue weighted by Crippen LogP contribution is -2.02. The fourth-order valence-corrected chi connectivity index (χ4v) is 2.84. The lowest BCUT2D eigenvalue weighted by atomic mass is 10.1. The Morgan fingerprint density at radius 3 is 2.59 bits per heavy atom. The molecule has 4 aromatic rings. The maximum atomic E-state index is 13.5. The third kappa shape index (κ3) is 3.12. The van der Waals surface area contributed by atoms with Crippen LogP contribution in [0.15, 0.2) is 48.9 Å². The van der Waals surface area contributed by atoms with E-state index in [0.717, 1.165) is 23.6 Å². The first-order valence-electron chi connectivity index (χ1n) is 7.90. The van der Waals surface area contributed by atoms with Crippen LogP contribution in [0.3, 0.4) is 0 Å². The minimum Gasteiger partial charge on any atom is -0.465 e. The maximum Gasteiger partial charge on any atom is 0.337 e. The summed E-state index contributed by atoms with van der Waals surface area (Å²) in [5.74, 6) is -1.65. The lowest BCUT2D eigenvalue weighted by Gasteiger charge is -2.11. The second kappa shape index (κ2) is 6.56. The summed E-state index contributed by atoms with van der Waals surface area (Å²) in [7, 11) is 1.29. The van der Waals surface area contributed by atoms with E-state index in [9.17, 15) is 13.6 Å². The Bertz CT molecular complexity index is 1180. The van der Waals surface area contributed by atoms with Crippen molar-refractivity contribution in [1.82, 2.24) is 15.0 Å². The molecule has 0 saturated heterocycles. The van der Waals surface area contributed by atoms with Gasteiger partial charge < -0.3 is 10.1 Å². The number of rotatable bonds is 3. The first kappa shape index (κ1) is 16.8. The van der Waals surface area contributed by atoms with Crippen LogP contribution in [0, 0.1) is 11.6 Å². The molecule has 0 amide bonds. The van der Waals surface area contributed by atoms with Crippen molar-refractivity contribution in [2.75, 3.05) is 12.4 Å². The molecule has 0 spiro atoms. The van der Waals surface area contributed by atoms with E-state index in [1.165, 1.54) is 13.4 Å². The predicted octanol–water partition coefficient (Wildman–Crippen LogP) is 3.99. The van der Waals surface area contributed by atoms with Gasteiger partial charge in [-0.05, 0) is 24.3 Å². The summed E-state index contributed by atoms with van der Waals surface area (Å²) < 4.78 is 31.7. The van der Waals surface area contributed by atoms with Gasteiger partial charge in [0.2, 0.25) is 0 Å². The lowest BCUT2D eigenvalue weighted by molar-refractivity contribution is 0.0601. The number of esters is 1. The average molecular weight is 366 g/mol. The van der Waals surface area contributed by atoms with E-state index in [0.29, 0.717) is 22.0 Å². The van der Waals surface area contributed by atoms with Crippen LogP contribution in [0.2, 0.25) is 0 Å². The number of pyridine rings is 1. The SMILES string of the molecule is COC(=O)c1ccc2c(c1)nc(Nc1cc(F)cc(F)c1)c1ncncc12. The van der Waals surface area contributed by atoms with Crippen LogP contribution in [0.1, 0.15) is 10.4 Å². The van der Waals surface area contributed by atoms with E-state index < -0.39 is 17.6 Å². The summed E-state index contributed by atoms with van der Waals surface area (Å²) in [5.41, 5.74) is 1.48. The van der Waals surface area contributed by atoms with E-state index in [4.69, 9.17) is 4.74 Å². The number of carbonyl (C=O) groups is 1. The molecule has 0 saturated carbocycles. The number of ether oxygens (including phenoxy) is 1. The maximum absolute atomic E-state index is 13.5. The first-order valence-corrected chi connectivity index (χ1v) is 7.90. The van der Waals surface area contributed by atoms with Gasteiger partial charge in [0.15, 0.2) is 5.82 Å². The molecule has 0 atom stereocenters. The summed E-state index contributed by atoms with van der Waals surface area (Å²) in [6.07, 6.45) is 2.97. The molecule has 0 radical (unpaired) electrons.